The smallest absolute Gasteiger partial charge is 0.229 e. The first-order valence-corrected chi connectivity index (χ1v) is 8.09. The molecule has 1 atom stereocenters. The van der Waals surface area contributed by atoms with Gasteiger partial charge >= 0.3 is 0 Å². The van der Waals surface area contributed by atoms with Crippen LogP contribution in [0.3, 0.4) is 0 Å². The minimum absolute atomic E-state index is 0.258. The van der Waals surface area contributed by atoms with E-state index in [1.807, 2.05) is 36.4 Å². The minimum atomic E-state index is 0.258. The molecule has 2 aliphatic heterocycles. The van der Waals surface area contributed by atoms with Crippen LogP contribution in [0.4, 0.5) is 5.95 Å². The number of anilines is 1. The fraction of sp³-hybridized carbons (Fsp3) is 0.333. The summed E-state index contributed by atoms with van der Waals surface area (Å²) < 4.78 is 6.11. The SMILES string of the molecule is C1=C2CC[C@@H](Oc3ccccc3)CN2CCN1c1ncccn1. The van der Waals surface area contributed by atoms with Gasteiger partial charge in [0.15, 0.2) is 0 Å². The number of piperidine rings is 1. The summed E-state index contributed by atoms with van der Waals surface area (Å²) in [5.74, 6) is 1.74. The van der Waals surface area contributed by atoms with Gasteiger partial charge in [0.25, 0.3) is 0 Å². The van der Waals surface area contributed by atoms with E-state index in [2.05, 4.69) is 26.0 Å². The zero-order chi connectivity index (χ0) is 15.5. The quantitative estimate of drug-likeness (QED) is 0.872. The molecule has 1 aromatic heterocycles. The number of hydrogen-bond acceptors (Lipinski definition) is 5. The van der Waals surface area contributed by atoms with Crippen LogP contribution in [-0.2, 0) is 0 Å². The molecule has 0 N–H and O–H groups in total. The third kappa shape index (κ3) is 3.13. The summed E-state index contributed by atoms with van der Waals surface area (Å²) in [5, 5.41) is 0. The van der Waals surface area contributed by atoms with Crippen LogP contribution < -0.4 is 9.64 Å². The summed E-state index contributed by atoms with van der Waals surface area (Å²) in [6.07, 6.45) is 8.10. The molecule has 0 spiro atoms. The lowest BCUT2D eigenvalue weighted by Gasteiger charge is -2.41. The number of fused-ring (bicyclic) bond motifs is 1. The molecule has 0 unspecified atom stereocenters. The van der Waals surface area contributed by atoms with Crippen molar-refractivity contribution in [2.24, 2.45) is 0 Å². The van der Waals surface area contributed by atoms with Gasteiger partial charge in [0.05, 0.1) is 6.54 Å². The molecular formula is C18H20N4O. The topological polar surface area (TPSA) is 41.5 Å². The van der Waals surface area contributed by atoms with Crippen molar-refractivity contribution in [3.63, 3.8) is 0 Å². The van der Waals surface area contributed by atoms with Crippen molar-refractivity contribution in [1.82, 2.24) is 14.9 Å². The summed E-state index contributed by atoms with van der Waals surface area (Å²) in [5.41, 5.74) is 1.36. The summed E-state index contributed by atoms with van der Waals surface area (Å²) in [6.45, 7) is 2.84. The molecule has 2 aliphatic rings. The maximum atomic E-state index is 6.11. The zero-order valence-corrected chi connectivity index (χ0v) is 13.0. The Bertz CT molecular complexity index is 674. The molecule has 5 nitrogen and oxygen atoms in total. The number of ether oxygens (including phenoxy) is 1. The fourth-order valence-electron chi connectivity index (χ4n) is 3.16. The molecule has 0 bridgehead atoms. The highest BCUT2D eigenvalue weighted by Gasteiger charge is 2.28. The summed E-state index contributed by atoms with van der Waals surface area (Å²) in [4.78, 5) is 13.2. The van der Waals surface area contributed by atoms with Gasteiger partial charge in [-0.3, -0.25) is 0 Å². The number of rotatable bonds is 3. The molecule has 1 saturated heterocycles. The number of hydrogen-bond donors (Lipinski definition) is 0. The van der Waals surface area contributed by atoms with E-state index in [9.17, 15) is 0 Å². The Hall–Kier alpha value is -2.56. The maximum Gasteiger partial charge on any atom is 0.229 e. The minimum Gasteiger partial charge on any atom is -0.489 e. The highest BCUT2D eigenvalue weighted by atomic mass is 16.5. The van der Waals surface area contributed by atoms with Gasteiger partial charge < -0.3 is 14.5 Å². The Morgan fingerprint density at radius 2 is 1.83 bits per heavy atom. The van der Waals surface area contributed by atoms with Crippen molar-refractivity contribution in [2.45, 2.75) is 18.9 Å². The van der Waals surface area contributed by atoms with Crippen molar-refractivity contribution < 1.29 is 4.74 Å². The van der Waals surface area contributed by atoms with Gasteiger partial charge in [-0.05, 0) is 31.0 Å². The Morgan fingerprint density at radius 3 is 2.65 bits per heavy atom. The van der Waals surface area contributed by atoms with Crippen LogP contribution >= 0.6 is 0 Å². The lowest BCUT2D eigenvalue weighted by atomic mass is 10.0. The summed E-state index contributed by atoms with van der Waals surface area (Å²) in [7, 11) is 0. The molecule has 0 radical (unpaired) electrons. The second-order valence-electron chi connectivity index (χ2n) is 5.90. The number of aromatic nitrogens is 2. The van der Waals surface area contributed by atoms with E-state index in [1.165, 1.54) is 5.70 Å². The van der Waals surface area contributed by atoms with Crippen LogP contribution in [0.1, 0.15) is 12.8 Å². The summed E-state index contributed by atoms with van der Waals surface area (Å²) in [6, 6.07) is 11.9. The maximum absolute atomic E-state index is 6.11. The zero-order valence-electron chi connectivity index (χ0n) is 13.0. The first-order valence-electron chi connectivity index (χ1n) is 8.09. The van der Waals surface area contributed by atoms with E-state index >= 15 is 0 Å². The van der Waals surface area contributed by atoms with Gasteiger partial charge in [-0.2, -0.15) is 0 Å². The largest absolute Gasteiger partial charge is 0.489 e. The fourth-order valence-corrected chi connectivity index (χ4v) is 3.16. The van der Waals surface area contributed by atoms with Gasteiger partial charge in [-0.25, -0.2) is 9.97 Å². The van der Waals surface area contributed by atoms with Crippen molar-refractivity contribution in [3.05, 3.63) is 60.7 Å². The first-order chi connectivity index (χ1) is 11.4. The van der Waals surface area contributed by atoms with Gasteiger partial charge in [0.2, 0.25) is 5.95 Å². The number of para-hydroxylation sites is 1. The van der Waals surface area contributed by atoms with Crippen LogP contribution in [0.15, 0.2) is 60.7 Å². The van der Waals surface area contributed by atoms with Crippen LogP contribution in [0.25, 0.3) is 0 Å². The van der Waals surface area contributed by atoms with Gasteiger partial charge in [-0.15, -0.1) is 0 Å². The van der Waals surface area contributed by atoms with E-state index in [1.54, 1.807) is 12.4 Å². The van der Waals surface area contributed by atoms with Crippen LogP contribution in [0, 0.1) is 0 Å². The van der Waals surface area contributed by atoms with Crippen LogP contribution in [0.5, 0.6) is 5.75 Å². The second-order valence-corrected chi connectivity index (χ2v) is 5.90. The summed E-state index contributed by atoms with van der Waals surface area (Å²) >= 11 is 0. The third-order valence-corrected chi connectivity index (χ3v) is 4.32. The number of allylic oxidation sites excluding steroid dienone is 1. The lowest BCUT2D eigenvalue weighted by Crippen LogP contribution is -2.46. The molecule has 1 fully saturated rings. The molecule has 4 rings (SSSR count). The van der Waals surface area contributed by atoms with E-state index in [0.29, 0.717) is 0 Å². The lowest BCUT2D eigenvalue weighted by molar-refractivity contribution is 0.113. The predicted octanol–water partition coefficient (Wildman–Crippen LogP) is 2.68. The van der Waals surface area contributed by atoms with Crippen molar-refractivity contribution >= 4 is 5.95 Å². The Labute approximate surface area is 136 Å². The molecule has 23 heavy (non-hydrogen) atoms. The van der Waals surface area contributed by atoms with Gasteiger partial charge in [-0.1, -0.05) is 18.2 Å². The molecule has 0 amide bonds. The third-order valence-electron chi connectivity index (χ3n) is 4.32. The van der Waals surface area contributed by atoms with Crippen molar-refractivity contribution in [3.8, 4) is 5.75 Å². The molecule has 118 valence electrons. The van der Waals surface area contributed by atoms with Crippen molar-refractivity contribution in [1.29, 1.82) is 0 Å². The highest BCUT2D eigenvalue weighted by Crippen LogP contribution is 2.27. The van der Waals surface area contributed by atoms with Gasteiger partial charge in [0, 0.05) is 37.4 Å². The Morgan fingerprint density at radius 1 is 1.00 bits per heavy atom. The van der Waals surface area contributed by atoms with E-state index < -0.39 is 0 Å². The van der Waals surface area contributed by atoms with Crippen LogP contribution in [-0.4, -0.2) is 40.6 Å². The van der Waals surface area contributed by atoms with Crippen LogP contribution in [0.2, 0.25) is 0 Å². The van der Waals surface area contributed by atoms with Gasteiger partial charge in [0.1, 0.15) is 11.9 Å². The average Bonchev–Trinajstić information content (AvgIpc) is 2.63. The Balaban J connectivity index is 1.43. The molecule has 0 saturated carbocycles. The molecule has 2 aromatic rings. The number of benzene rings is 1. The normalized spacial score (nSPS) is 20.7. The van der Waals surface area contributed by atoms with Crippen molar-refractivity contribution in [2.75, 3.05) is 24.5 Å². The monoisotopic (exact) mass is 308 g/mol. The van der Waals surface area contributed by atoms with E-state index in [0.717, 1.165) is 44.2 Å². The molecule has 5 heteroatoms. The number of nitrogens with zero attached hydrogens (tertiary/aromatic N) is 4. The first kappa shape index (κ1) is 14.1. The van der Waals surface area contributed by atoms with E-state index in [4.69, 9.17) is 4.74 Å². The standard InChI is InChI=1S/C18H20N4O/c1-2-5-16(6-3-1)23-17-8-7-15-13-22(12-11-21(15)14-17)18-19-9-4-10-20-18/h1-6,9-10,13,17H,7-8,11-12,14H2/t17-/m1/s1. The Kier molecular flexibility index (Phi) is 3.84. The molecule has 3 heterocycles. The predicted molar refractivity (Wildman–Crippen MR) is 89.1 cm³/mol. The van der Waals surface area contributed by atoms with E-state index in [-0.39, 0.29) is 6.10 Å². The highest BCUT2D eigenvalue weighted by molar-refractivity contribution is 5.37. The molecule has 1 aromatic carbocycles. The second kappa shape index (κ2) is 6.28. The molecule has 0 aliphatic carbocycles. The molecular weight excluding hydrogens is 288 g/mol. The average molecular weight is 308 g/mol.